The van der Waals surface area contributed by atoms with Crippen molar-refractivity contribution in [3.8, 4) is 16.9 Å². The molecule has 5 aromatic rings. The number of benzene rings is 2. The number of hydrogen-bond acceptors (Lipinski definition) is 7. The summed E-state index contributed by atoms with van der Waals surface area (Å²) >= 11 is 1.35. The minimum atomic E-state index is -0.764. The first kappa shape index (κ1) is 24.4. The lowest BCUT2D eigenvalue weighted by Gasteiger charge is -2.29. The maximum absolute atomic E-state index is 14.1. The van der Waals surface area contributed by atoms with Gasteiger partial charge in [0.1, 0.15) is 17.2 Å². The van der Waals surface area contributed by atoms with E-state index < -0.39 is 11.9 Å². The highest BCUT2D eigenvalue weighted by atomic mass is 32.1. The third-order valence-corrected chi connectivity index (χ3v) is 6.82. The molecule has 0 aliphatic carbocycles. The van der Waals surface area contributed by atoms with Crippen LogP contribution in [0.1, 0.15) is 22.7 Å². The molecule has 1 unspecified atom stereocenters. The third-order valence-electron chi connectivity index (χ3n) is 6.15. The molecule has 188 valence electrons. The average molecular weight is 518 g/mol. The number of carbonyl (C=O) groups is 1. The fraction of sp³-hybridized carbons (Fsp3) is 0.148. The molecule has 1 atom stereocenters. The average Bonchev–Trinajstić information content (AvgIpc) is 3.59. The largest absolute Gasteiger partial charge is 0.508 e. The summed E-state index contributed by atoms with van der Waals surface area (Å²) in [6, 6.07) is 12.9. The number of phenols is 1. The van der Waals surface area contributed by atoms with Crippen molar-refractivity contribution in [2.45, 2.75) is 19.5 Å². The van der Waals surface area contributed by atoms with Crippen molar-refractivity contribution in [2.75, 3.05) is 12.1 Å². The lowest BCUT2D eigenvalue weighted by atomic mass is 9.99. The Morgan fingerprint density at radius 3 is 2.86 bits per heavy atom. The first-order chi connectivity index (χ1) is 18.0. The highest BCUT2D eigenvalue weighted by molar-refractivity contribution is 7.13. The Labute approximate surface area is 216 Å². The summed E-state index contributed by atoms with van der Waals surface area (Å²) in [4.78, 5) is 31.0. The van der Waals surface area contributed by atoms with Crippen LogP contribution in [0.2, 0.25) is 0 Å². The second-order valence-corrected chi connectivity index (χ2v) is 9.42. The van der Waals surface area contributed by atoms with Gasteiger partial charge in [-0.2, -0.15) is 0 Å². The normalized spacial score (nSPS) is 11.9. The van der Waals surface area contributed by atoms with E-state index in [2.05, 4.69) is 26.5 Å². The number of aromatic hydroxyl groups is 1. The molecule has 0 aliphatic rings. The van der Waals surface area contributed by atoms with E-state index in [1.54, 1.807) is 11.6 Å². The summed E-state index contributed by atoms with van der Waals surface area (Å²) in [6.45, 7) is 2.15. The number of thiazole rings is 1. The number of nitrogens with zero attached hydrogens (tertiary/aromatic N) is 3. The maximum atomic E-state index is 14.1. The van der Waals surface area contributed by atoms with Crippen molar-refractivity contribution in [1.29, 1.82) is 0 Å². The number of rotatable bonds is 10. The van der Waals surface area contributed by atoms with Gasteiger partial charge in [-0.25, -0.2) is 19.8 Å². The quantitative estimate of drug-likeness (QED) is 0.165. The molecule has 0 fully saturated rings. The van der Waals surface area contributed by atoms with Crippen LogP contribution in [0.5, 0.6) is 5.75 Å². The van der Waals surface area contributed by atoms with Crippen LogP contribution in [0, 0.1) is 12.7 Å². The molecule has 0 saturated heterocycles. The Morgan fingerprint density at radius 1 is 1.19 bits per heavy atom. The smallest absolute Gasteiger partial charge is 0.210 e. The van der Waals surface area contributed by atoms with E-state index in [0.29, 0.717) is 11.5 Å². The van der Waals surface area contributed by atoms with Gasteiger partial charge < -0.3 is 15.0 Å². The Morgan fingerprint density at radius 2 is 2.08 bits per heavy atom. The van der Waals surface area contributed by atoms with Crippen molar-refractivity contribution < 1.29 is 19.1 Å². The van der Waals surface area contributed by atoms with E-state index in [9.17, 15) is 14.3 Å². The predicted molar refractivity (Wildman–Crippen MR) is 140 cm³/mol. The molecular weight excluding hydrogens is 493 g/mol. The molecule has 0 bridgehead atoms. The Balaban J connectivity index is 1.39. The van der Waals surface area contributed by atoms with Crippen LogP contribution < -0.4 is 5.48 Å². The van der Waals surface area contributed by atoms with Gasteiger partial charge in [-0.3, -0.25) is 9.63 Å². The lowest BCUT2D eigenvalue weighted by molar-refractivity contribution is -0.122. The number of aromatic amines is 1. The number of phenolic OH excluding ortho intramolecular Hbond substituents is 1. The number of fused-ring (bicyclic) bond motifs is 1. The summed E-state index contributed by atoms with van der Waals surface area (Å²) in [7, 11) is 0. The van der Waals surface area contributed by atoms with Gasteiger partial charge >= 0.3 is 0 Å². The first-order valence-corrected chi connectivity index (χ1v) is 12.4. The second kappa shape index (κ2) is 10.8. The fourth-order valence-electron chi connectivity index (χ4n) is 4.18. The van der Waals surface area contributed by atoms with Crippen LogP contribution in [0.3, 0.4) is 0 Å². The highest BCUT2D eigenvalue weighted by Gasteiger charge is 2.24. The number of hydrogen-bond donors (Lipinski definition) is 3. The van der Waals surface area contributed by atoms with Gasteiger partial charge in [0, 0.05) is 47.0 Å². The summed E-state index contributed by atoms with van der Waals surface area (Å²) in [5, 5.41) is 13.8. The Kier molecular flexibility index (Phi) is 7.11. The predicted octanol–water partition coefficient (Wildman–Crippen LogP) is 5.58. The van der Waals surface area contributed by atoms with Crippen LogP contribution in [-0.4, -0.2) is 38.0 Å². The summed E-state index contributed by atoms with van der Waals surface area (Å²) in [5.41, 5.74) is 7.67. The van der Waals surface area contributed by atoms with E-state index in [1.807, 2.05) is 43.6 Å². The molecule has 5 rings (SSSR count). The van der Waals surface area contributed by atoms with Crippen molar-refractivity contribution in [3.63, 3.8) is 0 Å². The fourth-order valence-corrected chi connectivity index (χ4v) is 4.66. The number of aromatic nitrogens is 3. The third kappa shape index (κ3) is 5.45. The minimum absolute atomic E-state index is 0.0468. The van der Waals surface area contributed by atoms with Gasteiger partial charge in [0.2, 0.25) is 11.5 Å². The zero-order valence-electron chi connectivity index (χ0n) is 19.9. The van der Waals surface area contributed by atoms with Crippen LogP contribution in [0.4, 0.5) is 9.52 Å². The number of pyridine rings is 1. The molecule has 0 spiro atoms. The van der Waals surface area contributed by atoms with Gasteiger partial charge in [-0.1, -0.05) is 18.2 Å². The summed E-state index contributed by atoms with van der Waals surface area (Å²) < 4.78 is 14.1. The molecule has 8 nitrogen and oxygen atoms in total. The summed E-state index contributed by atoms with van der Waals surface area (Å²) in [5.74, 6) is -0.652. The maximum Gasteiger partial charge on any atom is 0.210 e. The molecular formula is C27H24FN5O3S. The number of nitrogens with one attached hydrogen (secondary N) is 2. The van der Waals surface area contributed by atoms with Crippen LogP contribution in [-0.2, 0) is 16.2 Å². The number of aryl methyl sites for hydroxylation is 1. The molecule has 0 saturated carbocycles. The monoisotopic (exact) mass is 517 g/mol. The van der Waals surface area contributed by atoms with E-state index in [0.717, 1.165) is 33.3 Å². The Hall–Kier alpha value is -4.28. The van der Waals surface area contributed by atoms with Gasteiger partial charge in [0.15, 0.2) is 0 Å². The zero-order valence-corrected chi connectivity index (χ0v) is 20.7. The van der Waals surface area contributed by atoms with Gasteiger partial charge in [0.25, 0.3) is 0 Å². The molecule has 37 heavy (non-hydrogen) atoms. The Bertz CT molecular complexity index is 1520. The molecule has 3 N–H and O–H groups in total. The van der Waals surface area contributed by atoms with Gasteiger partial charge in [-0.05, 0) is 53.9 Å². The SMILES string of the molecule is Cc1cc(-c2cnc3[nH]ccc3c2)ccc1CN(C=O)C(CONc1nccs1)c1cc(F)ccc1O. The standard InChI is InChI=1S/C27H24FN5O3S/c1-17-10-18(21-11-19-6-7-29-26(19)31-13-21)2-3-20(17)14-33(16-34)24(15-36-32-27-30-8-9-37-27)23-12-22(28)4-5-25(23)35/h2-13,16,24,35H,14-15H2,1H3,(H,29,31)(H,30,32). The summed E-state index contributed by atoms with van der Waals surface area (Å²) in [6.07, 6.45) is 5.98. The lowest BCUT2D eigenvalue weighted by Crippen LogP contribution is -2.31. The van der Waals surface area contributed by atoms with Gasteiger partial charge in [-0.15, -0.1) is 11.3 Å². The topological polar surface area (TPSA) is 103 Å². The highest BCUT2D eigenvalue weighted by Crippen LogP contribution is 2.32. The van der Waals surface area contributed by atoms with Crippen molar-refractivity contribution in [2.24, 2.45) is 0 Å². The van der Waals surface area contributed by atoms with Crippen LogP contribution >= 0.6 is 11.3 Å². The number of anilines is 1. The first-order valence-electron chi connectivity index (χ1n) is 11.5. The van der Waals surface area contributed by atoms with Crippen molar-refractivity contribution >= 4 is 33.9 Å². The van der Waals surface area contributed by atoms with Crippen LogP contribution in [0.15, 0.2) is 72.5 Å². The molecule has 2 aromatic carbocycles. The van der Waals surface area contributed by atoms with Crippen molar-refractivity contribution in [1.82, 2.24) is 19.9 Å². The van der Waals surface area contributed by atoms with Crippen molar-refractivity contribution in [3.05, 3.63) is 95.0 Å². The van der Waals surface area contributed by atoms with E-state index in [-0.39, 0.29) is 24.5 Å². The molecule has 10 heteroatoms. The van der Waals surface area contributed by atoms with E-state index in [1.165, 1.54) is 34.4 Å². The number of amides is 1. The number of halogens is 1. The van der Waals surface area contributed by atoms with E-state index >= 15 is 0 Å². The van der Waals surface area contributed by atoms with E-state index in [4.69, 9.17) is 4.84 Å². The molecule has 3 heterocycles. The molecule has 0 radical (unpaired) electrons. The molecule has 3 aromatic heterocycles. The molecule has 0 aliphatic heterocycles. The van der Waals surface area contributed by atoms with Gasteiger partial charge in [0.05, 0.1) is 12.6 Å². The molecule has 1 amide bonds. The number of carbonyl (C=O) groups excluding carboxylic acids is 1. The second-order valence-electron chi connectivity index (χ2n) is 8.53. The zero-order chi connectivity index (χ0) is 25.8. The number of H-pyrrole nitrogens is 1. The van der Waals surface area contributed by atoms with Crippen LogP contribution in [0.25, 0.3) is 22.2 Å². The minimum Gasteiger partial charge on any atom is -0.508 e.